The third kappa shape index (κ3) is 5.33. The second kappa shape index (κ2) is 11.0. The third-order valence-electron chi connectivity index (χ3n) is 6.64. The molecule has 1 N–H and O–H groups in total. The van der Waals surface area contributed by atoms with Crippen LogP contribution in [0.4, 0.5) is 13.6 Å². The number of benzene rings is 2. The molecular weight excluding hydrogens is 468 g/mol. The summed E-state index contributed by atoms with van der Waals surface area (Å²) in [5.74, 6) is -1.98. The van der Waals surface area contributed by atoms with Crippen LogP contribution in [0.1, 0.15) is 37.3 Å². The zero-order valence-corrected chi connectivity index (χ0v) is 20.5. The molecule has 0 radical (unpaired) electrons. The Morgan fingerprint density at radius 2 is 1.86 bits per heavy atom. The number of likely N-dealkylation sites (N-methyl/N-ethyl adjacent to an activating group) is 1. The normalized spacial score (nSPS) is 20.5. The highest BCUT2D eigenvalue weighted by Gasteiger charge is 2.50. The van der Waals surface area contributed by atoms with Gasteiger partial charge in [-0.2, -0.15) is 0 Å². The van der Waals surface area contributed by atoms with E-state index in [1.807, 2.05) is 37.3 Å². The largest absolute Gasteiger partial charge is 0.334 e. The summed E-state index contributed by atoms with van der Waals surface area (Å²) < 4.78 is 27.9. The summed E-state index contributed by atoms with van der Waals surface area (Å²) in [6, 6.07) is 11.5. The van der Waals surface area contributed by atoms with Gasteiger partial charge in [0.1, 0.15) is 23.8 Å². The number of nitrogens with zero attached hydrogens (tertiary/aromatic N) is 4. The molecule has 0 spiro atoms. The molecule has 0 saturated carbocycles. The van der Waals surface area contributed by atoms with Crippen LogP contribution in [0.2, 0.25) is 0 Å². The summed E-state index contributed by atoms with van der Waals surface area (Å²) in [5.41, 5.74) is 1.09. The average Bonchev–Trinajstić information content (AvgIpc) is 2.85. The zero-order chi connectivity index (χ0) is 25.8. The number of hydrazine groups is 1. The summed E-state index contributed by atoms with van der Waals surface area (Å²) in [6.07, 6.45) is 1.21. The van der Waals surface area contributed by atoms with E-state index >= 15 is 0 Å². The maximum atomic E-state index is 14.4. The average molecular weight is 500 g/mol. The van der Waals surface area contributed by atoms with E-state index < -0.39 is 29.9 Å². The highest BCUT2D eigenvalue weighted by molar-refractivity contribution is 5.91. The Morgan fingerprint density at radius 1 is 1.11 bits per heavy atom. The Kier molecular flexibility index (Phi) is 7.83. The van der Waals surface area contributed by atoms with Crippen molar-refractivity contribution in [3.63, 3.8) is 0 Å². The summed E-state index contributed by atoms with van der Waals surface area (Å²) in [5, 5.41) is 5.91. The maximum Gasteiger partial charge on any atom is 0.334 e. The molecule has 2 aliphatic rings. The summed E-state index contributed by atoms with van der Waals surface area (Å²) >= 11 is 0. The van der Waals surface area contributed by atoms with Gasteiger partial charge in [0, 0.05) is 31.8 Å². The van der Waals surface area contributed by atoms with Crippen LogP contribution in [-0.4, -0.2) is 70.0 Å². The van der Waals surface area contributed by atoms with Crippen LogP contribution in [0.25, 0.3) is 0 Å². The minimum atomic E-state index is -0.766. The highest BCUT2D eigenvalue weighted by Crippen LogP contribution is 2.29. The van der Waals surface area contributed by atoms with Crippen LogP contribution in [-0.2, 0) is 22.7 Å². The van der Waals surface area contributed by atoms with Gasteiger partial charge >= 0.3 is 6.03 Å². The number of fused-ring (bicyclic) bond motifs is 1. The van der Waals surface area contributed by atoms with Crippen molar-refractivity contribution in [1.29, 1.82) is 0 Å². The van der Waals surface area contributed by atoms with Gasteiger partial charge in [0.2, 0.25) is 11.8 Å². The number of hydrogen-bond donors (Lipinski definition) is 1. The first kappa shape index (κ1) is 25.6. The molecule has 2 atom stereocenters. The predicted molar refractivity (Wildman–Crippen MR) is 129 cm³/mol. The predicted octanol–water partition coefficient (Wildman–Crippen LogP) is 3.09. The van der Waals surface area contributed by atoms with E-state index in [4.69, 9.17) is 0 Å². The van der Waals surface area contributed by atoms with Crippen molar-refractivity contribution >= 4 is 17.8 Å². The van der Waals surface area contributed by atoms with Gasteiger partial charge < -0.3 is 15.1 Å². The number of amides is 4. The molecule has 2 heterocycles. The van der Waals surface area contributed by atoms with Crippen LogP contribution in [0, 0.1) is 11.6 Å². The lowest BCUT2D eigenvalue weighted by Crippen LogP contribution is -2.75. The van der Waals surface area contributed by atoms with Gasteiger partial charge in [-0.3, -0.25) is 9.59 Å². The molecule has 2 fully saturated rings. The van der Waals surface area contributed by atoms with Crippen LogP contribution < -0.4 is 5.32 Å². The minimum Gasteiger partial charge on any atom is -0.333 e. The van der Waals surface area contributed by atoms with Gasteiger partial charge in [0.05, 0.1) is 13.1 Å². The molecule has 8 nitrogen and oxygen atoms in total. The number of nitrogens with one attached hydrogen (secondary N) is 1. The lowest BCUT2D eigenvalue weighted by Gasteiger charge is -2.54. The van der Waals surface area contributed by atoms with E-state index in [1.165, 1.54) is 20.9 Å². The van der Waals surface area contributed by atoms with Gasteiger partial charge in [-0.05, 0) is 18.1 Å². The first-order valence-corrected chi connectivity index (χ1v) is 12.2. The highest BCUT2D eigenvalue weighted by atomic mass is 19.1. The first-order chi connectivity index (χ1) is 17.3. The molecular formula is C26H31F2N5O3. The van der Waals surface area contributed by atoms with E-state index in [0.29, 0.717) is 19.4 Å². The number of hydrogen-bond acceptors (Lipinski definition) is 4. The summed E-state index contributed by atoms with van der Waals surface area (Å²) in [7, 11) is 1.65. The number of unbranched alkanes of at least 4 members (excludes halogenated alkanes) is 1. The van der Waals surface area contributed by atoms with Gasteiger partial charge in [0.25, 0.3) is 0 Å². The van der Waals surface area contributed by atoms with Gasteiger partial charge in [-0.25, -0.2) is 23.6 Å². The standard InChI is InChI=1S/C26H31F2N5O3/c1-3-4-10-22-25(35)31(15-19-11-12-20(27)13-21(19)28)16-23-32(22)24(34)17-30(2)33(23)26(36)29-14-18-8-6-5-7-9-18/h5-9,11-13,22-23H,3-4,10,14-17H2,1-2H3,(H,29,36)/t22-,23-/m0/s1. The number of piperazine rings is 1. The van der Waals surface area contributed by atoms with Crippen LogP contribution in [0.3, 0.4) is 0 Å². The van der Waals surface area contributed by atoms with Gasteiger partial charge in [-0.15, -0.1) is 0 Å². The molecule has 0 unspecified atom stereocenters. The number of carbonyl (C=O) groups excluding carboxylic acids is 3. The Bertz CT molecular complexity index is 1120. The topological polar surface area (TPSA) is 76.2 Å². The Morgan fingerprint density at radius 3 is 2.56 bits per heavy atom. The fourth-order valence-electron chi connectivity index (χ4n) is 4.83. The molecule has 2 saturated heterocycles. The van der Waals surface area contributed by atoms with Crippen molar-refractivity contribution in [3.8, 4) is 0 Å². The number of urea groups is 1. The lowest BCUT2D eigenvalue weighted by molar-refractivity contribution is -0.188. The molecule has 2 aliphatic heterocycles. The minimum absolute atomic E-state index is 0.00706. The van der Waals surface area contributed by atoms with Crippen molar-refractivity contribution in [1.82, 2.24) is 25.1 Å². The molecule has 4 amide bonds. The van der Waals surface area contributed by atoms with Crippen molar-refractivity contribution in [2.45, 2.75) is 51.5 Å². The van der Waals surface area contributed by atoms with E-state index in [1.54, 1.807) is 12.1 Å². The number of rotatable bonds is 7. The second-order valence-electron chi connectivity index (χ2n) is 9.20. The van der Waals surface area contributed by atoms with Crippen molar-refractivity contribution in [3.05, 3.63) is 71.3 Å². The van der Waals surface area contributed by atoms with E-state index in [-0.39, 0.29) is 37.0 Å². The molecule has 10 heteroatoms. The SMILES string of the molecule is CCCC[C@H]1C(=O)N(Cc2ccc(F)cc2F)C[C@H]2N1C(=O)CN(C)N2C(=O)NCc1ccccc1. The van der Waals surface area contributed by atoms with Gasteiger partial charge in [-0.1, -0.05) is 56.2 Å². The summed E-state index contributed by atoms with van der Waals surface area (Å²) in [4.78, 5) is 42.9. The fraction of sp³-hybridized carbons (Fsp3) is 0.423. The molecule has 192 valence electrons. The second-order valence-corrected chi connectivity index (χ2v) is 9.20. The zero-order valence-electron chi connectivity index (χ0n) is 20.5. The van der Waals surface area contributed by atoms with Crippen LogP contribution in [0.5, 0.6) is 0 Å². The fourth-order valence-corrected chi connectivity index (χ4v) is 4.83. The smallest absolute Gasteiger partial charge is 0.333 e. The Labute approximate surface area is 209 Å². The molecule has 2 aromatic rings. The monoisotopic (exact) mass is 499 g/mol. The van der Waals surface area contributed by atoms with E-state index in [0.717, 1.165) is 24.1 Å². The lowest BCUT2D eigenvalue weighted by atomic mass is 10.0. The van der Waals surface area contributed by atoms with Crippen LogP contribution in [0.15, 0.2) is 48.5 Å². The quantitative estimate of drug-likeness (QED) is 0.635. The van der Waals surface area contributed by atoms with Crippen molar-refractivity contribution < 1.29 is 23.2 Å². The number of carbonyl (C=O) groups is 3. The molecule has 36 heavy (non-hydrogen) atoms. The van der Waals surface area contributed by atoms with Crippen LogP contribution >= 0.6 is 0 Å². The molecule has 0 aromatic heterocycles. The third-order valence-corrected chi connectivity index (χ3v) is 6.64. The summed E-state index contributed by atoms with van der Waals surface area (Å²) in [6.45, 7) is 2.17. The molecule has 2 aromatic carbocycles. The van der Waals surface area contributed by atoms with E-state index in [9.17, 15) is 23.2 Å². The van der Waals surface area contributed by atoms with Crippen molar-refractivity contribution in [2.75, 3.05) is 20.1 Å². The molecule has 4 rings (SSSR count). The van der Waals surface area contributed by atoms with Crippen molar-refractivity contribution in [2.24, 2.45) is 0 Å². The Hall–Kier alpha value is -3.53. The van der Waals surface area contributed by atoms with E-state index in [2.05, 4.69) is 5.32 Å². The first-order valence-electron chi connectivity index (χ1n) is 12.2. The van der Waals surface area contributed by atoms with Gasteiger partial charge in [0.15, 0.2) is 0 Å². The molecule has 0 aliphatic carbocycles. The maximum absolute atomic E-state index is 14.4. The Balaban J connectivity index is 1.61. The number of halogens is 2. The molecule has 0 bridgehead atoms.